The van der Waals surface area contributed by atoms with E-state index in [0.29, 0.717) is 11.1 Å². The lowest BCUT2D eigenvalue weighted by Crippen LogP contribution is -2.42. The second-order valence-corrected chi connectivity index (χ2v) is 6.25. The van der Waals surface area contributed by atoms with Crippen molar-refractivity contribution in [2.24, 2.45) is 0 Å². The minimum atomic E-state index is -1.11. The molecular formula is C17H23NO5. The van der Waals surface area contributed by atoms with Crippen LogP contribution in [0.3, 0.4) is 0 Å². The zero-order valence-corrected chi connectivity index (χ0v) is 13.9. The summed E-state index contributed by atoms with van der Waals surface area (Å²) in [4.78, 5) is 34.6. The van der Waals surface area contributed by atoms with Crippen LogP contribution in [-0.4, -0.2) is 41.0 Å². The topological polar surface area (TPSA) is 92.7 Å². The van der Waals surface area contributed by atoms with Crippen molar-refractivity contribution in [3.8, 4) is 0 Å². The molecule has 1 atom stereocenters. The number of carboxylic acids is 1. The summed E-state index contributed by atoms with van der Waals surface area (Å²) in [5.74, 6) is -1.71. The summed E-state index contributed by atoms with van der Waals surface area (Å²) in [5, 5.41) is 11.7. The fourth-order valence-corrected chi connectivity index (χ4v) is 1.84. The predicted octanol–water partition coefficient (Wildman–Crippen LogP) is 2.28. The minimum Gasteiger partial charge on any atom is -0.480 e. The van der Waals surface area contributed by atoms with E-state index in [-0.39, 0.29) is 24.4 Å². The smallest absolute Gasteiger partial charge is 0.326 e. The number of carboxylic acid groups (broad SMARTS) is 1. The van der Waals surface area contributed by atoms with Gasteiger partial charge in [-0.25, -0.2) is 4.79 Å². The Morgan fingerprint density at radius 3 is 2.09 bits per heavy atom. The molecule has 23 heavy (non-hydrogen) atoms. The van der Waals surface area contributed by atoms with Gasteiger partial charge in [0.2, 0.25) is 0 Å². The van der Waals surface area contributed by atoms with Gasteiger partial charge in [-0.1, -0.05) is 12.1 Å². The molecule has 0 aliphatic rings. The van der Waals surface area contributed by atoms with E-state index in [4.69, 9.17) is 4.74 Å². The molecule has 2 N–H and O–H groups in total. The molecule has 1 amide bonds. The maximum atomic E-state index is 12.1. The van der Waals surface area contributed by atoms with Crippen LogP contribution in [0.2, 0.25) is 0 Å². The quantitative estimate of drug-likeness (QED) is 0.752. The molecule has 1 aromatic carbocycles. The number of nitrogens with one attached hydrogen (secondary N) is 1. The Hall–Kier alpha value is -2.21. The highest BCUT2D eigenvalue weighted by Gasteiger charge is 2.21. The molecule has 0 aliphatic carbocycles. The van der Waals surface area contributed by atoms with Gasteiger partial charge in [-0.2, -0.15) is 0 Å². The second kappa shape index (κ2) is 7.87. The molecule has 0 heterocycles. The number of ether oxygens (including phenoxy) is 1. The van der Waals surface area contributed by atoms with Gasteiger partial charge in [0.05, 0.1) is 5.60 Å². The van der Waals surface area contributed by atoms with E-state index in [1.807, 2.05) is 20.8 Å². The molecule has 6 heteroatoms. The number of aliphatic carboxylic acids is 1. The van der Waals surface area contributed by atoms with Gasteiger partial charge in [0, 0.05) is 24.2 Å². The molecule has 0 saturated heterocycles. The second-order valence-electron chi connectivity index (χ2n) is 6.25. The van der Waals surface area contributed by atoms with Gasteiger partial charge in [-0.05, 0) is 39.8 Å². The van der Waals surface area contributed by atoms with E-state index in [0.717, 1.165) is 0 Å². The fourth-order valence-electron chi connectivity index (χ4n) is 1.84. The number of carbonyl (C=O) groups excluding carboxylic acids is 2. The van der Waals surface area contributed by atoms with Crippen LogP contribution in [0.4, 0.5) is 0 Å². The third kappa shape index (κ3) is 6.61. The standard InChI is InChI=1S/C17H23NO5/c1-11(19)12-5-7-13(8-6-12)15(20)18-14(16(21)22)9-10-23-17(2,3)4/h5-8,14H,9-10H2,1-4H3,(H,18,20)(H,21,22). The van der Waals surface area contributed by atoms with Gasteiger partial charge >= 0.3 is 5.97 Å². The summed E-state index contributed by atoms with van der Waals surface area (Å²) < 4.78 is 5.49. The fraction of sp³-hybridized carbons (Fsp3) is 0.471. The van der Waals surface area contributed by atoms with Gasteiger partial charge in [0.15, 0.2) is 5.78 Å². The SMILES string of the molecule is CC(=O)c1ccc(C(=O)NC(CCOC(C)(C)C)C(=O)O)cc1. The summed E-state index contributed by atoms with van der Waals surface area (Å²) in [6.07, 6.45) is 0.171. The van der Waals surface area contributed by atoms with Crippen molar-refractivity contribution >= 4 is 17.7 Å². The van der Waals surface area contributed by atoms with Crippen LogP contribution in [0.25, 0.3) is 0 Å². The lowest BCUT2D eigenvalue weighted by Gasteiger charge is -2.21. The number of benzene rings is 1. The van der Waals surface area contributed by atoms with Crippen molar-refractivity contribution in [2.75, 3.05) is 6.61 Å². The van der Waals surface area contributed by atoms with Crippen LogP contribution >= 0.6 is 0 Å². The summed E-state index contributed by atoms with van der Waals surface area (Å²) in [6.45, 7) is 7.28. The number of hydrogen-bond donors (Lipinski definition) is 2. The van der Waals surface area contributed by atoms with E-state index in [9.17, 15) is 19.5 Å². The molecule has 0 fully saturated rings. The van der Waals surface area contributed by atoms with Crippen molar-refractivity contribution in [1.82, 2.24) is 5.32 Å². The molecule has 0 spiro atoms. The average Bonchev–Trinajstić information content (AvgIpc) is 2.44. The first kappa shape index (κ1) is 18.8. The molecule has 0 saturated carbocycles. The molecule has 6 nitrogen and oxygen atoms in total. The van der Waals surface area contributed by atoms with Gasteiger partial charge in [0.1, 0.15) is 6.04 Å². The summed E-state index contributed by atoms with van der Waals surface area (Å²) in [6, 6.07) is 5.04. The third-order valence-corrected chi connectivity index (χ3v) is 3.10. The van der Waals surface area contributed by atoms with Gasteiger partial charge in [-0.15, -0.1) is 0 Å². The van der Waals surface area contributed by atoms with E-state index in [1.165, 1.54) is 31.2 Å². The van der Waals surface area contributed by atoms with E-state index < -0.39 is 17.9 Å². The summed E-state index contributed by atoms with van der Waals surface area (Å²) >= 11 is 0. The minimum absolute atomic E-state index is 0.0975. The van der Waals surface area contributed by atoms with E-state index in [1.54, 1.807) is 0 Å². The van der Waals surface area contributed by atoms with Crippen molar-refractivity contribution in [3.05, 3.63) is 35.4 Å². The van der Waals surface area contributed by atoms with Gasteiger partial charge < -0.3 is 15.2 Å². The van der Waals surface area contributed by atoms with Crippen LogP contribution in [0, 0.1) is 0 Å². The lowest BCUT2D eigenvalue weighted by atomic mass is 10.1. The predicted molar refractivity (Wildman–Crippen MR) is 85.7 cm³/mol. The number of ketones is 1. The van der Waals surface area contributed by atoms with Crippen LogP contribution < -0.4 is 5.32 Å². The van der Waals surface area contributed by atoms with Crippen molar-refractivity contribution in [1.29, 1.82) is 0 Å². The van der Waals surface area contributed by atoms with Gasteiger partial charge in [0.25, 0.3) is 5.91 Å². The zero-order chi connectivity index (χ0) is 17.6. The Labute approximate surface area is 135 Å². The third-order valence-electron chi connectivity index (χ3n) is 3.10. The number of hydrogen-bond acceptors (Lipinski definition) is 4. The first-order valence-electron chi connectivity index (χ1n) is 7.39. The number of Topliss-reactive ketones (excluding diaryl/α,β-unsaturated/α-hetero) is 1. The first-order valence-corrected chi connectivity index (χ1v) is 7.39. The normalized spacial score (nSPS) is 12.5. The molecular weight excluding hydrogens is 298 g/mol. The Balaban J connectivity index is 2.66. The largest absolute Gasteiger partial charge is 0.480 e. The Morgan fingerprint density at radius 1 is 1.13 bits per heavy atom. The number of amides is 1. The molecule has 0 radical (unpaired) electrons. The molecule has 0 aromatic heterocycles. The van der Waals surface area contributed by atoms with Crippen LogP contribution in [0.15, 0.2) is 24.3 Å². The monoisotopic (exact) mass is 321 g/mol. The maximum absolute atomic E-state index is 12.1. The first-order chi connectivity index (χ1) is 10.6. The molecule has 1 rings (SSSR count). The maximum Gasteiger partial charge on any atom is 0.326 e. The Kier molecular flexibility index (Phi) is 6.45. The molecule has 1 unspecified atom stereocenters. The lowest BCUT2D eigenvalue weighted by molar-refractivity contribution is -0.140. The summed E-state index contributed by atoms with van der Waals surface area (Å²) in [7, 11) is 0. The molecule has 1 aromatic rings. The number of rotatable bonds is 7. The molecule has 0 aliphatic heterocycles. The highest BCUT2D eigenvalue weighted by molar-refractivity contribution is 5.98. The van der Waals surface area contributed by atoms with Crippen molar-refractivity contribution < 1.29 is 24.2 Å². The average molecular weight is 321 g/mol. The number of carbonyl (C=O) groups is 3. The molecule has 126 valence electrons. The van der Waals surface area contributed by atoms with E-state index >= 15 is 0 Å². The highest BCUT2D eigenvalue weighted by Crippen LogP contribution is 2.09. The molecule has 0 bridgehead atoms. The van der Waals surface area contributed by atoms with Crippen LogP contribution in [0.5, 0.6) is 0 Å². The van der Waals surface area contributed by atoms with Crippen LogP contribution in [0.1, 0.15) is 54.8 Å². The Morgan fingerprint density at radius 2 is 1.65 bits per heavy atom. The zero-order valence-electron chi connectivity index (χ0n) is 13.9. The highest BCUT2D eigenvalue weighted by atomic mass is 16.5. The van der Waals surface area contributed by atoms with Crippen molar-refractivity contribution in [3.63, 3.8) is 0 Å². The van der Waals surface area contributed by atoms with Crippen LogP contribution in [-0.2, 0) is 9.53 Å². The van der Waals surface area contributed by atoms with Crippen molar-refractivity contribution in [2.45, 2.75) is 45.8 Å². The summed E-state index contributed by atoms with van der Waals surface area (Å²) in [5.41, 5.74) is 0.433. The van der Waals surface area contributed by atoms with Gasteiger partial charge in [-0.3, -0.25) is 9.59 Å². The van der Waals surface area contributed by atoms with E-state index in [2.05, 4.69) is 5.32 Å². The Bertz CT molecular complexity index is 572.